The summed E-state index contributed by atoms with van der Waals surface area (Å²) >= 11 is 1.77. The van der Waals surface area contributed by atoms with Gasteiger partial charge >= 0.3 is 0 Å². The molecule has 1 aliphatic rings. The fourth-order valence-corrected chi connectivity index (χ4v) is 4.44. The zero-order valence-electron chi connectivity index (χ0n) is 16.9. The second-order valence-corrected chi connectivity index (χ2v) is 9.60. The van der Waals surface area contributed by atoms with Crippen molar-refractivity contribution in [2.45, 2.75) is 37.2 Å². The van der Waals surface area contributed by atoms with Crippen LogP contribution >= 0.6 is 35.7 Å². The Kier molecular flexibility index (Phi) is 13.9. The molecule has 29 heavy (non-hydrogen) atoms. The number of aliphatic imine (C=N–C) groups is 1. The van der Waals surface area contributed by atoms with Gasteiger partial charge in [0.2, 0.25) is 10.0 Å². The van der Waals surface area contributed by atoms with Crippen molar-refractivity contribution >= 4 is 51.7 Å². The maximum absolute atomic E-state index is 12.1. The van der Waals surface area contributed by atoms with Crippen LogP contribution in [0.25, 0.3) is 0 Å². The molecule has 1 unspecified atom stereocenters. The molecule has 1 aromatic carbocycles. The first-order valence-corrected chi connectivity index (χ1v) is 12.5. The van der Waals surface area contributed by atoms with Crippen molar-refractivity contribution < 1.29 is 13.2 Å². The topological polar surface area (TPSA) is 91.8 Å². The third-order valence-corrected chi connectivity index (χ3v) is 6.53. The van der Waals surface area contributed by atoms with E-state index >= 15 is 0 Å². The molecule has 166 valence electrons. The number of sulfonamides is 1. The molecule has 0 aromatic heterocycles. The van der Waals surface area contributed by atoms with Crippen LogP contribution in [0.5, 0.6) is 0 Å². The van der Waals surface area contributed by atoms with Crippen LogP contribution in [0.1, 0.15) is 26.2 Å². The van der Waals surface area contributed by atoms with Crippen molar-refractivity contribution in [3.05, 3.63) is 30.3 Å². The van der Waals surface area contributed by atoms with E-state index in [4.69, 9.17) is 4.74 Å². The normalized spacial score (nSPS) is 17.4. The first-order chi connectivity index (χ1) is 13.6. The molecule has 1 fully saturated rings. The van der Waals surface area contributed by atoms with Crippen molar-refractivity contribution in [1.29, 1.82) is 0 Å². The first-order valence-electron chi connectivity index (χ1n) is 9.88. The summed E-state index contributed by atoms with van der Waals surface area (Å²) in [4.78, 5) is 5.60. The standard InChI is InChI=1S/C19H32N4O3S2.HI/c1-2-20-19(21-11-14-27-18-9-4-3-5-10-18)22-12-15-28(24,25)23-16-17-8-6-7-13-26-17;/h3-5,9-10,17,23H,2,6-8,11-16H2,1H3,(H2,20,21,22);1H. The minimum Gasteiger partial charge on any atom is -0.377 e. The van der Waals surface area contributed by atoms with Crippen LogP contribution in [0.4, 0.5) is 0 Å². The average molecular weight is 557 g/mol. The fourth-order valence-electron chi connectivity index (χ4n) is 2.73. The quantitative estimate of drug-likeness (QED) is 0.128. The highest BCUT2D eigenvalue weighted by atomic mass is 127. The molecule has 0 radical (unpaired) electrons. The lowest BCUT2D eigenvalue weighted by Crippen LogP contribution is -2.39. The van der Waals surface area contributed by atoms with Crippen LogP contribution in [-0.4, -0.2) is 64.8 Å². The van der Waals surface area contributed by atoms with E-state index in [0.29, 0.717) is 12.5 Å². The molecule has 1 atom stereocenters. The molecule has 0 amide bonds. The Morgan fingerprint density at radius 3 is 2.72 bits per heavy atom. The number of nitrogens with zero attached hydrogens (tertiary/aromatic N) is 1. The van der Waals surface area contributed by atoms with Crippen LogP contribution in [-0.2, 0) is 14.8 Å². The molecule has 0 spiro atoms. The van der Waals surface area contributed by atoms with Crippen molar-refractivity contribution in [3.8, 4) is 0 Å². The molecule has 1 aromatic rings. The van der Waals surface area contributed by atoms with Gasteiger partial charge < -0.3 is 15.4 Å². The van der Waals surface area contributed by atoms with Gasteiger partial charge in [-0.2, -0.15) is 0 Å². The molecule has 1 saturated heterocycles. The van der Waals surface area contributed by atoms with E-state index in [1.54, 1.807) is 11.8 Å². The lowest BCUT2D eigenvalue weighted by molar-refractivity contribution is 0.0200. The fraction of sp³-hybridized carbons (Fsp3) is 0.632. The molecule has 3 N–H and O–H groups in total. The van der Waals surface area contributed by atoms with Crippen LogP contribution in [0.2, 0.25) is 0 Å². The van der Waals surface area contributed by atoms with E-state index in [2.05, 4.69) is 32.5 Å². The van der Waals surface area contributed by atoms with Crippen molar-refractivity contribution in [2.24, 2.45) is 4.99 Å². The van der Waals surface area contributed by atoms with Crippen molar-refractivity contribution in [2.75, 3.05) is 44.3 Å². The van der Waals surface area contributed by atoms with Gasteiger partial charge in [0.25, 0.3) is 0 Å². The summed E-state index contributed by atoms with van der Waals surface area (Å²) in [6, 6.07) is 10.2. The van der Waals surface area contributed by atoms with Gasteiger partial charge in [0.05, 0.1) is 18.4 Å². The average Bonchev–Trinajstić information content (AvgIpc) is 2.71. The van der Waals surface area contributed by atoms with E-state index in [-0.39, 0.29) is 42.4 Å². The first kappa shape index (κ1) is 26.5. The van der Waals surface area contributed by atoms with Crippen molar-refractivity contribution in [3.63, 3.8) is 0 Å². The van der Waals surface area contributed by atoms with Crippen LogP contribution in [0.3, 0.4) is 0 Å². The predicted octanol–water partition coefficient (Wildman–Crippen LogP) is 2.44. The minimum absolute atomic E-state index is 0. The number of benzene rings is 1. The van der Waals surface area contributed by atoms with Gasteiger partial charge in [-0.1, -0.05) is 18.2 Å². The number of nitrogens with one attached hydrogen (secondary N) is 3. The lowest BCUT2D eigenvalue weighted by atomic mass is 10.1. The molecule has 1 aliphatic heterocycles. The molecule has 1 heterocycles. The number of halogens is 1. The third-order valence-electron chi connectivity index (χ3n) is 4.19. The zero-order valence-corrected chi connectivity index (χ0v) is 20.9. The molecule has 10 heteroatoms. The summed E-state index contributed by atoms with van der Waals surface area (Å²) in [5, 5.41) is 6.39. The molecular formula is C19H33IN4O3S2. The van der Waals surface area contributed by atoms with Crippen molar-refractivity contribution in [1.82, 2.24) is 15.4 Å². The van der Waals surface area contributed by atoms with E-state index < -0.39 is 10.0 Å². The minimum atomic E-state index is -3.35. The number of hydrogen-bond donors (Lipinski definition) is 3. The largest absolute Gasteiger partial charge is 0.377 e. The number of ether oxygens (including phenoxy) is 1. The highest BCUT2D eigenvalue weighted by molar-refractivity contribution is 14.0. The number of rotatable bonds is 11. The molecular weight excluding hydrogens is 523 g/mol. The number of thioether (sulfide) groups is 1. The van der Waals surface area contributed by atoms with Gasteiger partial charge in [-0.15, -0.1) is 35.7 Å². The van der Waals surface area contributed by atoms with Gasteiger partial charge in [-0.3, -0.25) is 4.99 Å². The van der Waals surface area contributed by atoms with Crippen LogP contribution in [0, 0.1) is 0 Å². The summed E-state index contributed by atoms with van der Waals surface area (Å²) in [6.45, 7) is 4.73. The van der Waals surface area contributed by atoms with Crippen LogP contribution in [0.15, 0.2) is 40.2 Å². The highest BCUT2D eigenvalue weighted by Gasteiger charge is 2.17. The second-order valence-electron chi connectivity index (χ2n) is 6.50. The maximum atomic E-state index is 12.1. The Bertz CT molecular complexity index is 684. The van der Waals surface area contributed by atoms with E-state index in [0.717, 1.165) is 44.7 Å². The highest BCUT2D eigenvalue weighted by Crippen LogP contribution is 2.15. The molecule has 7 nitrogen and oxygen atoms in total. The van der Waals surface area contributed by atoms with Gasteiger partial charge in [0, 0.05) is 36.9 Å². The van der Waals surface area contributed by atoms with E-state index in [1.807, 2.05) is 25.1 Å². The third kappa shape index (κ3) is 12.0. The Morgan fingerprint density at radius 2 is 2.03 bits per heavy atom. The SMILES string of the molecule is CCNC(=NCCS(=O)(=O)NCC1CCCCO1)NCCSc1ccccc1.I. The van der Waals surface area contributed by atoms with Gasteiger partial charge in [-0.05, 0) is 38.3 Å². The molecule has 0 aliphatic carbocycles. The summed E-state index contributed by atoms with van der Waals surface area (Å²) < 4.78 is 32.5. The summed E-state index contributed by atoms with van der Waals surface area (Å²) in [7, 11) is -3.35. The summed E-state index contributed by atoms with van der Waals surface area (Å²) in [5.41, 5.74) is 0. The van der Waals surface area contributed by atoms with E-state index in [9.17, 15) is 8.42 Å². The molecule has 0 saturated carbocycles. The van der Waals surface area contributed by atoms with Gasteiger partial charge in [-0.25, -0.2) is 13.1 Å². The second kappa shape index (κ2) is 15.3. The van der Waals surface area contributed by atoms with Gasteiger partial charge in [0.15, 0.2) is 5.96 Å². The van der Waals surface area contributed by atoms with Gasteiger partial charge in [0.1, 0.15) is 0 Å². The number of hydrogen-bond acceptors (Lipinski definition) is 5. The summed E-state index contributed by atoms with van der Waals surface area (Å²) in [5.74, 6) is 1.51. The van der Waals surface area contributed by atoms with E-state index in [1.165, 1.54) is 4.90 Å². The Balaban J connectivity index is 0.00000420. The Hall–Kier alpha value is -0.560. The monoisotopic (exact) mass is 556 g/mol. The Labute approximate surface area is 196 Å². The molecule has 2 rings (SSSR count). The zero-order chi connectivity index (χ0) is 20.1. The van der Waals surface area contributed by atoms with Crippen LogP contribution < -0.4 is 15.4 Å². The summed E-state index contributed by atoms with van der Waals surface area (Å²) in [6.07, 6.45) is 3.06. The lowest BCUT2D eigenvalue weighted by Gasteiger charge is -2.22. The Morgan fingerprint density at radius 1 is 1.24 bits per heavy atom. The smallest absolute Gasteiger partial charge is 0.213 e. The number of guanidine groups is 1. The predicted molar refractivity (Wildman–Crippen MR) is 132 cm³/mol. The maximum Gasteiger partial charge on any atom is 0.213 e. The molecule has 0 bridgehead atoms.